The lowest BCUT2D eigenvalue weighted by Crippen LogP contribution is -2.15. The average Bonchev–Trinajstić information content (AvgIpc) is 3.27. The highest BCUT2D eigenvalue weighted by atomic mass is 79.9. The van der Waals surface area contributed by atoms with Crippen LogP contribution >= 0.6 is 50.4 Å². The van der Waals surface area contributed by atoms with Crippen molar-refractivity contribution in [3.63, 3.8) is 0 Å². The van der Waals surface area contributed by atoms with Crippen LogP contribution in [0.5, 0.6) is 0 Å². The minimum Gasteiger partial charge on any atom is -0.326 e. The molecule has 4 nitrogen and oxygen atoms in total. The molecule has 0 atom stereocenters. The van der Waals surface area contributed by atoms with Gasteiger partial charge in [0.1, 0.15) is 0 Å². The number of ketones is 1. The molecule has 0 aliphatic carbocycles. The van der Waals surface area contributed by atoms with Crippen molar-refractivity contribution >= 4 is 67.7 Å². The Kier molecular flexibility index (Phi) is 6.63. The number of anilines is 1. The third-order valence-electron chi connectivity index (χ3n) is 3.46. The van der Waals surface area contributed by atoms with Crippen LogP contribution in [0.1, 0.15) is 20.9 Å². The predicted octanol–water partition coefficient (Wildman–Crippen LogP) is 5.43. The topological polar surface area (TPSA) is 59.1 Å². The maximum absolute atomic E-state index is 12.2. The number of carbonyl (C=O) groups excluding carboxylic acids is 2. The standard InChI is InChI=1S/C18H15BrN2O2S3/c1-11-7-12(19)4-5-14(11)21-17(23)8-13-9-25-18(20-13)26-10-15(22)16-3-2-6-24-16/h2-7,9H,8,10H2,1H3,(H,21,23). The van der Waals surface area contributed by atoms with E-state index in [2.05, 4.69) is 26.2 Å². The van der Waals surface area contributed by atoms with E-state index in [1.807, 2.05) is 48.0 Å². The smallest absolute Gasteiger partial charge is 0.230 e. The molecule has 134 valence electrons. The number of nitrogens with zero attached hydrogens (tertiary/aromatic N) is 1. The maximum Gasteiger partial charge on any atom is 0.230 e. The summed E-state index contributed by atoms with van der Waals surface area (Å²) in [6.07, 6.45) is 0.214. The zero-order valence-electron chi connectivity index (χ0n) is 13.8. The van der Waals surface area contributed by atoms with Crippen LogP contribution in [0.3, 0.4) is 0 Å². The first kappa shape index (κ1) is 19.3. The molecule has 0 saturated carbocycles. The summed E-state index contributed by atoms with van der Waals surface area (Å²) in [5.74, 6) is 0.356. The number of rotatable bonds is 7. The molecule has 0 fully saturated rings. The van der Waals surface area contributed by atoms with Crippen LogP contribution in [-0.4, -0.2) is 22.4 Å². The van der Waals surface area contributed by atoms with Crippen LogP contribution in [0.2, 0.25) is 0 Å². The largest absolute Gasteiger partial charge is 0.326 e. The average molecular weight is 467 g/mol. The second-order valence-corrected chi connectivity index (χ2v) is 9.42. The van der Waals surface area contributed by atoms with Crippen molar-refractivity contribution in [2.24, 2.45) is 0 Å². The molecule has 0 radical (unpaired) electrons. The first-order valence-corrected chi connectivity index (χ1v) is 11.2. The summed E-state index contributed by atoms with van der Waals surface area (Å²) in [6, 6.07) is 9.42. The van der Waals surface area contributed by atoms with Crippen LogP contribution in [0, 0.1) is 6.92 Å². The molecule has 1 N–H and O–H groups in total. The van der Waals surface area contributed by atoms with Gasteiger partial charge in [0.25, 0.3) is 0 Å². The molecule has 1 amide bonds. The van der Waals surface area contributed by atoms with Gasteiger partial charge < -0.3 is 5.32 Å². The fraction of sp³-hybridized carbons (Fsp3) is 0.167. The summed E-state index contributed by atoms with van der Waals surface area (Å²) in [5, 5.41) is 6.67. The third kappa shape index (κ3) is 5.26. The molecule has 2 aromatic heterocycles. The number of aromatic nitrogens is 1. The molecule has 0 aliphatic rings. The fourth-order valence-electron chi connectivity index (χ4n) is 2.20. The number of halogens is 1. The zero-order chi connectivity index (χ0) is 18.5. The number of carbonyl (C=O) groups is 2. The number of thiazole rings is 1. The van der Waals surface area contributed by atoms with Crippen LogP contribution in [-0.2, 0) is 11.2 Å². The van der Waals surface area contributed by atoms with Gasteiger partial charge >= 0.3 is 0 Å². The van der Waals surface area contributed by atoms with Gasteiger partial charge in [0.2, 0.25) is 5.91 Å². The lowest BCUT2D eigenvalue weighted by atomic mass is 10.2. The van der Waals surface area contributed by atoms with E-state index in [9.17, 15) is 9.59 Å². The number of aryl methyl sites for hydroxylation is 1. The first-order chi connectivity index (χ1) is 12.5. The minimum absolute atomic E-state index is 0.102. The van der Waals surface area contributed by atoms with Crippen molar-refractivity contribution in [3.8, 4) is 0 Å². The Balaban J connectivity index is 1.53. The second-order valence-electron chi connectivity index (χ2n) is 5.48. The molecule has 0 bridgehead atoms. The number of nitrogens with one attached hydrogen (secondary N) is 1. The minimum atomic E-state index is -0.105. The van der Waals surface area contributed by atoms with Gasteiger partial charge in [0.15, 0.2) is 10.1 Å². The molecule has 1 aromatic carbocycles. The van der Waals surface area contributed by atoms with Gasteiger partial charge in [-0.1, -0.05) is 33.8 Å². The molecule has 3 rings (SSSR count). The second kappa shape index (κ2) is 8.94. The molecular weight excluding hydrogens is 452 g/mol. The van der Waals surface area contributed by atoms with E-state index in [1.165, 1.54) is 34.4 Å². The van der Waals surface area contributed by atoms with Crippen molar-refractivity contribution in [1.82, 2.24) is 4.98 Å². The van der Waals surface area contributed by atoms with Crippen molar-refractivity contribution < 1.29 is 9.59 Å². The van der Waals surface area contributed by atoms with E-state index in [0.717, 1.165) is 24.9 Å². The van der Waals surface area contributed by atoms with Crippen molar-refractivity contribution in [2.75, 3.05) is 11.1 Å². The van der Waals surface area contributed by atoms with Gasteiger partial charge in [0.05, 0.1) is 22.7 Å². The molecule has 8 heteroatoms. The molecule has 2 heterocycles. The Bertz CT molecular complexity index is 922. The highest BCUT2D eigenvalue weighted by molar-refractivity contribution is 9.10. The fourth-order valence-corrected chi connectivity index (χ4v) is 5.16. The van der Waals surface area contributed by atoms with Crippen LogP contribution in [0.4, 0.5) is 5.69 Å². The van der Waals surface area contributed by atoms with E-state index >= 15 is 0 Å². The van der Waals surface area contributed by atoms with Gasteiger partial charge in [-0.3, -0.25) is 9.59 Å². The summed E-state index contributed by atoms with van der Waals surface area (Å²) in [5.41, 5.74) is 2.51. The summed E-state index contributed by atoms with van der Waals surface area (Å²) in [7, 11) is 0. The highest BCUT2D eigenvalue weighted by Gasteiger charge is 2.12. The predicted molar refractivity (Wildman–Crippen MR) is 113 cm³/mol. The Hall–Kier alpha value is -1.48. The van der Waals surface area contributed by atoms with Gasteiger partial charge in [-0.15, -0.1) is 22.7 Å². The Morgan fingerprint density at radius 1 is 1.27 bits per heavy atom. The van der Waals surface area contributed by atoms with E-state index < -0.39 is 0 Å². The van der Waals surface area contributed by atoms with Crippen molar-refractivity contribution in [1.29, 1.82) is 0 Å². The molecule has 0 spiro atoms. The van der Waals surface area contributed by atoms with E-state index in [1.54, 1.807) is 0 Å². The van der Waals surface area contributed by atoms with Crippen LogP contribution < -0.4 is 5.32 Å². The molecule has 26 heavy (non-hydrogen) atoms. The van der Waals surface area contributed by atoms with Crippen molar-refractivity contribution in [2.45, 2.75) is 17.7 Å². The molecule has 0 saturated heterocycles. The van der Waals surface area contributed by atoms with Gasteiger partial charge in [-0.25, -0.2) is 4.98 Å². The van der Waals surface area contributed by atoms with Gasteiger partial charge in [0, 0.05) is 15.5 Å². The van der Waals surface area contributed by atoms with E-state index in [0.29, 0.717) is 11.4 Å². The molecule has 0 aliphatic heterocycles. The quantitative estimate of drug-likeness (QED) is 0.372. The third-order valence-corrected chi connectivity index (χ3v) is 6.93. The maximum atomic E-state index is 12.2. The normalized spacial score (nSPS) is 10.7. The summed E-state index contributed by atoms with van der Waals surface area (Å²) in [4.78, 5) is 29.5. The number of benzene rings is 1. The lowest BCUT2D eigenvalue weighted by molar-refractivity contribution is -0.115. The van der Waals surface area contributed by atoms with Gasteiger partial charge in [-0.2, -0.15) is 0 Å². The first-order valence-electron chi connectivity index (χ1n) is 7.71. The SMILES string of the molecule is Cc1cc(Br)ccc1NC(=O)Cc1csc(SCC(=O)c2cccs2)n1. The number of amides is 1. The van der Waals surface area contributed by atoms with E-state index in [4.69, 9.17) is 0 Å². The Morgan fingerprint density at radius 2 is 2.12 bits per heavy atom. The zero-order valence-corrected chi connectivity index (χ0v) is 17.9. The van der Waals surface area contributed by atoms with Crippen molar-refractivity contribution in [3.05, 3.63) is 61.7 Å². The van der Waals surface area contributed by atoms with Crippen LogP contribution in [0.25, 0.3) is 0 Å². The van der Waals surface area contributed by atoms with E-state index in [-0.39, 0.29) is 18.1 Å². The van der Waals surface area contributed by atoms with Crippen LogP contribution in [0.15, 0.2) is 49.9 Å². The Labute approximate surface area is 172 Å². The number of hydrogen-bond donors (Lipinski definition) is 1. The lowest BCUT2D eigenvalue weighted by Gasteiger charge is -2.07. The molecular formula is C18H15BrN2O2S3. The summed E-state index contributed by atoms with van der Waals surface area (Å²) in [6.45, 7) is 1.95. The molecule has 0 unspecified atom stereocenters. The van der Waals surface area contributed by atoms with Gasteiger partial charge in [-0.05, 0) is 42.1 Å². The monoisotopic (exact) mass is 466 g/mol. The number of Topliss-reactive ketones (excluding diaryl/α,β-unsaturated/α-hetero) is 1. The summed E-state index contributed by atoms with van der Waals surface area (Å²) >= 11 is 7.73. The number of hydrogen-bond acceptors (Lipinski definition) is 6. The summed E-state index contributed by atoms with van der Waals surface area (Å²) < 4.78 is 1.78. The number of thiophene rings is 1. The Morgan fingerprint density at radius 3 is 2.85 bits per heavy atom. The highest BCUT2D eigenvalue weighted by Crippen LogP contribution is 2.25. The number of thioether (sulfide) groups is 1. The molecule has 3 aromatic rings.